The molecule has 0 saturated carbocycles. The third-order valence-corrected chi connectivity index (χ3v) is 7.57. The van der Waals surface area contributed by atoms with Crippen LogP contribution in [0.1, 0.15) is 51.3 Å². The molecule has 5 rings (SSSR count). The van der Waals surface area contributed by atoms with Gasteiger partial charge in [-0.1, -0.05) is 66.7 Å². The smallest absolute Gasteiger partial charge is 0.342 e. The third kappa shape index (κ3) is 8.03. The number of imidazole rings is 1. The number of carbonyl (C=O) groups excluding carboxylic acids is 2. The van der Waals surface area contributed by atoms with E-state index in [1.165, 1.54) is 19.2 Å². The second-order valence-corrected chi connectivity index (χ2v) is 10.9. The summed E-state index contributed by atoms with van der Waals surface area (Å²) < 4.78 is 18.2. The van der Waals surface area contributed by atoms with Crippen LogP contribution in [0, 0.1) is 10.1 Å². The maximum Gasteiger partial charge on any atom is 0.342 e. The summed E-state index contributed by atoms with van der Waals surface area (Å²) in [7, 11) is 1.46. The Labute approximate surface area is 286 Å². The zero-order valence-corrected chi connectivity index (χ0v) is 27.5. The molecule has 0 fully saturated rings. The van der Waals surface area contributed by atoms with E-state index >= 15 is 0 Å². The molecule has 0 saturated heterocycles. The lowest BCUT2D eigenvalue weighted by Crippen LogP contribution is -2.35. The van der Waals surface area contributed by atoms with Crippen molar-refractivity contribution in [3.63, 3.8) is 0 Å². The number of esters is 1. The van der Waals surface area contributed by atoms with E-state index in [2.05, 4.69) is 14.9 Å². The van der Waals surface area contributed by atoms with Crippen LogP contribution in [0.2, 0.25) is 0 Å². The molecule has 0 aliphatic rings. The number of hydrazone groups is 1. The largest absolute Gasteiger partial charge is 0.465 e. The molecule has 5 aromatic rings. The Morgan fingerprint density at radius 1 is 1.00 bits per heavy atom. The number of hydrogen-bond acceptors (Lipinski definition) is 11. The second kappa shape index (κ2) is 15.7. The van der Waals surface area contributed by atoms with Crippen LogP contribution >= 0.6 is 0 Å². The fourth-order valence-electron chi connectivity index (χ4n) is 5.18. The fourth-order valence-corrected chi connectivity index (χ4v) is 5.18. The molecular weight excluding hydrogens is 646 g/mol. The van der Waals surface area contributed by atoms with Crippen LogP contribution in [0.3, 0.4) is 0 Å². The topological polar surface area (TPSA) is 200 Å². The number of para-hydroxylation sites is 1. The van der Waals surface area contributed by atoms with Gasteiger partial charge in [-0.2, -0.15) is 10.1 Å². The van der Waals surface area contributed by atoms with Crippen LogP contribution in [0.25, 0.3) is 22.2 Å². The molecule has 0 aliphatic heterocycles. The molecule has 1 unspecified atom stereocenters. The Kier molecular flexibility index (Phi) is 11.0. The molecule has 0 aliphatic carbocycles. The quantitative estimate of drug-likeness (QED) is 0.0242. The average Bonchev–Trinajstić information content (AvgIpc) is 3.47. The number of amidine groups is 1. The highest BCUT2D eigenvalue weighted by molar-refractivity contribution is 6.05. The lowest BCUT2D eigenvalue weighted by Gasteiger charge is -2.15. The first-order valence-corrected chi connectivity index (χ1v) is 15.4. The van der Waals surface area contributed by atoms with Crippen molar-refractivity contribution in [2.24, 2.45) is 16.7 Å². The highest BCUT2D eigenvalue weighted by Gasteiger charge is 2.22. The van der Waals surface area contributed by atoms with E-state index in [4.69, 9.17) is 25.8 Å². The second-order valence-electron chi connectivity index (χ2n) is 10.9. The minimum atomic E-state index is -0.916. The molecule has 1 amide bonds. The van der Waals surface area contributed by atoms with Crippen LogP contribution in [0.15, 0.2) is 96.1 Å². The number of rotatable bonds is 14. The first-order valence-electron chi connectivity index (χ1n) is 15.4. The first kappa shape index (κ1) is 35.0. The zero-order chi connectivity index (χ0) is 35.8. The summed E-state index contributed by atoms with van der Waals surface area (Å²) in [4.78, 5) is 45.6. The van der Waals surface area contributed by atoms with Crippen molar-refractivity contribution in [2.75, 3.05) is 13.7 Å². The number of hydrogen-bond donors (Lipinski definition) is 2. The maximum atomic E-state index is 13.1. The van der Waals surface area contributed by atoms with Crippen LogP contribution in [-0.4, -0.2) is 57.5 Å². The van der Waals surface area contributed by atoms with Gasteiger partial charge < -0.3 is 24.8 Å². The lowest BCUT2D eigenvalue weighted by molar-refractivity contribution is -0.763. The van der Waals surface area contributed by atoms with Crippen LogP contribution < -0.4 is 16.3 Å². The van der Waals surface area contributed by atoms with Crippen molar-refractivity contribution in [3.05, 3.63) is 129 Å². The molecule has 1 aromatic heterocycles. The fraction of sp³-hybridized carbons (Fsp3) is 0.200. The van der Waals surface area contributed by atoms with Gasteiger partial charge in [0, 0.05) is 18.2 Å². The van der Waals surface area contributed by atoms with Crippen molar-refractivity contribution in [2.45, 2.75) is 33.3 Å². The molecule has 0 spiro atoms. The van der Waals surface area contributed by atoms with E-state index in [0.29, 0.717) is 52.0 Å². The highest BCUT2D eigenvalue weighted by atomic mass is 16.9. The van der Waals surface area contributed by atoms with Gasteiger partial charge in [0.05, 0.1) is 29.7 Å². The van der Waals surface area contributed by atoms with Crippen molar-refractivity contribution < 1.29 is 33.7 Å². The number of hydrazine groups is 1. The van der Waals surface area contributed by atoms with Crippen LogP contribution in [-0.2, 0) is 27.5 Å². The number of carbonyl (C=O) groups is 2. The van der Waals surface area contributed by atoms with Crippen LogP contribution in [0.5, 0.6) is 6.01 Å². The summed E-state index contributed by atoms with van der Waals surface area (Å²) in [5.74, 6) is 4.75. The van der Waals surface area contributed by atoms with E-state index < -0.39 is 23.3 Å². The first-order chi connectivity index (χ1) is 24.1. The van der Waals surface area contributed by atoms with Crippen LogP contribution in [0.4, 0.5) is 0 Å². The van der Waals surface area contributed by atoms with Gasteiger partial charge in [-0.15, -0.1) is 15.2 Å². The Balaban J connectivity index is 1.40. The monoisotopic (exact) mass is 681 g/mol. The zero-order valence-electron chi connectivity index (χ0n) is 27.5. The summed E-state index contributed by atoms with van der Waals surface area (Å²) >= 11 is 0. The third-order valence-electron chi connectivity index (χ3n) is 7.57. The van der Waals surface area contributed by atoms with Crippen molar-refractivity contribution in [1.29, 1.82) is 0 Å². The van der Waals surface area contributed by atoms with Gasteiger partial charge in [-0.05, 0) is 60.4 Å². The summed E-state index contributed by atoms with van der Waals surface area (Å²) in [5.41, 5.74) is 11.4. The molecule has 4 aromatic carbocycles. The van der Waals surface area contributed by atoms with Gasteiger partial charge in [0.25, 0.3) is 17.0 Å². The molecular formula is C35H35N7O8. The molecule has 50 heavy (non-hydrogen) atoms. The van der Waals surface area contributed by atoms with E-state index in [9.17, 15) is 19.7 Å². The number of methoxy groups -OCH3 is 1. The molecule has 4 N–H and O–H groups in total. The number of amides is 1. The van der Waals surface area contributed by atoms with E-state index in [1.807, 2.05) is 47.9 Å². The van der Waals surface area contributed by atoms with Gasteiger partial charge in [-0.25, -0.2) is 10.6 Å². The van der Waals surface area contributed by atoms with E-state index in [0.717, 1.165) is 16.7 Å². The van der Waals surface area contributed by atoms with Crippen molar-refractivity contribution in [3.8, 4) is 17.1 Å². The minimum Gasteiger partial charge on any atom is -0.465 e. The van der Waals surface area contributed by atoms with Gasteiger partial charge in [-0.3, -0.25) is 9.36 Å². The minimum absolute atomic E-state index is 0.0122. The van der Waals surface area contributed by atoms with Crippen molar-refractivity contribution >= 4 is 28.7 Å². The number of benzene rings is 4. The summed E-state index contributed by atoms with van der Waals surface area (Å²) in [6, 6.07) is 26.6. The van der Waals surface area contributed by atoms with Gasteiger partial charge in [0.2, 0.25) is 0 Å². The van der Waals surface area contributed by atoms with E-state index in [1.54, 1.807) is 49.4 Å². The molecule has 0 bridgehead atoms. The van der Waals surface area contributed by atoms with E-state index in [-0.39, 0.29) is 18.0 Å². The number of ether oxygens (including phenoxy) is 3. The highest BCUT2D eigenvalue weighted by Crippen LogP contribution is 2.29. The summed E-state index contributed by atoms with van der Waals surface area (Å²) in [6.45, 7) is 3.88. The molecule has 0 radical (unpaired) electrons. The summed E-state index contributed by atoms with van der Waals surface area (Å²) in [6.07, 6.45) is -0.731. The molecule has 1 atom stereocenters. The Hall–Kier alpha value is -6.32. The predicted molar refractivity (Wildman–Crippen MR) is 183 cm³/mol. The van der Waals surface area contributed by atoms with Gasteiger partial charge in [0.1, 0.15) is 6.61 Å². The van der Waals surface area contributed by atoms with Crippen molar-refractivity contribution in [1.82, 2.24) is 14.7 Å². The molecule has 1 heterocycles. The lowest BCUT2D eigenvalue weighted by atomic mass is 9.98. The number of nitrogens with zero attached hydrogens (tertiary/aromatic N) is 5. The summed E-state index contributed by atoms with van der Waals surface area (Å²) in [5, 5.41) is 14.4. The Bertz CT molecular complexity index is 2040. The number of nitrogens with two attached hydrogens (primary N) is 2. The standard InChI is InChI=1S/C35H35N7O8/c1-4-48-35-38-30-14-8-13-29(34(44)50-22(2)47-3)31(30)40(35)20-23-15-17-25(18-16-23)27-11-5-6-12-28(27)32(36)39-41(37)33(43)26-10-7-9-24(19-26)21-49-42(45)46/h5-19,22H,4,20-21,37H2,1-3H3,(H2,36,39). The van der Waals surface area contributed by atoms with Gasteiger partial charge >= 0.3 is 5.97 Å². The number of aromatic nitrogens is 2. The average molecular weight is 682 g/mol. The molecule has 15 heteroatoms. The van der Waals surface area contributed by atoms with Gasteiger partial charge in [0.15, 0.2) is 12.1 Å². The SMILES string of the molecule is CCOc1nc2cccc(C(=O)OC(C)OC)c2n1Cc1ccc(-c2ccccc2/C(N)=N/N(N)C(=O)c2cccc(CO[N+](=O)[O-])c2)cc1. The Morgan fingerprint density at radius 3 is 2.44 bits per heavy atom. The predicted octanol–water partition coefficient (Wildman–Crippen LogP) is 4.64. The molecule has 15 nitrogen and oxygen atoms in total. The Morgan fingerprint density at radius 2 is 1.72 bits per heavy atom. The normalized spacial score (nSPS) is 12.0. The number of fused-ring (bicyclic) bond motifs is 1. The maximum absolute atomic E-state index is 13.1. The molecule has 258 valence electrons.